The van der Waals surface area contributed by atoms with Crippen molar-refractivity contribution in [2.24, 2.45) is 0 Å². The van der Waals surface area contributed by atoms with Crippen molar-refractivity contribution >= 4 is 23.4 Å². The molecule has 10 heteroatoms. The molecule has 2 aliphatic heterocycles. The molecule has 0 unspecified atom stereocenters. The summed E-state index contributed by atoms with van der Waals surface area (Å²) in [7, 11) is 0. The lowest BCUT2D eigenvalue weighted by Gasteiger charge is -2.37. The highest BCUT2D eigenvalue weighted by molar-refractivity contribution is 5.91. The van der Waals surface area contributed by atoms with E-state index < -0.39 is 5.54 Å². The number of nitrogens with one attached hydrogen (secondary N) is 2. The van der Waals surface area contributed by atoms with Crippen LogP contribution in [0.3, 0.4) is 0 Å². The van der Waals surface area contributed by atoms with E-state index in [1.807, 2.05) is 31.2 Å². The van der Waals surface area contributed by atoms with Gasteiger partial charge in [-0.1, -0.05) is 0 Å². The second-order valence-electron chi connectivity index (χ2n) is 9.60. The molecule has 2 aromatic rings. The van der Waals surface area contributed by atoms with Crippen LogP contribution in [0.25, 0.3) is 16.2 Å². The standard InChI is InChI=1S/C26H31N7O3/c1-4-28-25(35)29-19-7-5-18(6-8-19)22-30-21-15-32(24(34)26(27-3)10-11-26)12-9-20(21)23(31-22)33-13-14-36-16-17(33)2/h5-8,17H,4,9-16H2,1-2H3,(H2,28,29,35)/t17-/m0/s1. The number of amides is 3. The molecule has 3 amide bonds. The summed E-state index contributed by atoms with van der Waals surface area (Å²) in [4.78, 5) is 42.6. The number of ether oxygens (including phenoxy) is 1. The first kappa shape index (κ1) is 24.0. The highest BCUT2D eigenvalue weighted by Gasteiger charge is 2.60. The number of fused-ring (bicyclic) bond motifs is 1. The fraction of sp³-hybridized carbons (Fsp3) is 0.500. The molecule has 2 fully saturated rings. The predicted octanol–water partition coefficient (Wildman–Crippen LogP) is 2.85. The average Bonchev–Trinajstić information content (AvgIpc) is 3.70. The van der Waals surface area contributed by atoms with Gasteiger partial charge in [0, 0.05) is 49.3 Å². The minimum atomic E-state index is -0.859. The summed E-state index contributed by atoms with van der Waals surface area (Å²) in [6.07, 6.45) is 1.94. The molecule has 1 saturated heterocycles. The van der Waals surface area contributed by atoms with E-state index in [-0.39, 0.29) is 18.0 Å². The normalized spacial score (nSPS) is 20.2. The van der Waals surface area contributed by atoms with Crippen molar-refractivity contribution in [1.29, 1.82) is 0 Å². The van der Waals surface area contributed by atoms with Crippen molar-refractivity contribution in [3.8, 4) is 11.4 Å². The van der Waals surface area contributed by atoms with Crippen LogP contribution in [0.1, 0.15) is 37.9 Å². The number of anilines is 2. The van der Waals surface area contributed by atoms with Gasteiger partial charge in [-0.05, 0) is 44.5 Å². The fourth-order valence-corrected chi connectivity index (χ4v) is 4.82. The molecular formula is C26H31N7O3. The van der Waals surface area contributed by atoms with Gasteiger partial charge in [0.15, 0.2) is 5.82 Å². The summed E-state index contributed by atoms with van der Waals surface area (Å²) >= 11 is 0. The highest BCUT2D eigenvalue weighted by Crippen LogP contribution is 2.42. The molecule has 1 aromatic carbocycles. The lowest BCUT2D eigenvalue weighted by molar-refractivity contribution is -0.133. The van der Waals surface area contributed by atoms with Crippen molar-refractivity contribution in [3.05, 3.63) is 46.9 Å². The van der Waals surface area contributed by atoms with Crippen molar-refractivity contribution in [2.45, 2.75) is 51.2 Å². The Morgan fingerprint density at radius 1 is 1.22 bits per heavy atom. The van der Waals surface area contributed by atoms with Gasteiger partial charge in [0.05, 0.1) is 31.5 Å². The van der Waals surface area contributed by atoms with Gasteiger partial charge in [0.1, 0.15) is 5.82 Å². The quantitative estimate of drug-likeness (QED) is 0.626. The topological polar surface area (TPSA) is 104 Å². The fourth-order valence-electron chi connectivity index (χ4n) is 4.82. The second kappa shape index (κ2) is 9.74. The van der Waals surface area contributed by atoms with Crippen molar-refractivity contribution in [1.82, 2.24) is 20.2 Å². The van der Waals surface area contributed by atoms with Crippen molar-refractivity contribution < 1.29 is 14.3 Å². The summed E-state index contributed by atoms with van der Waals surface area (Å²) in [5.41, 5.74) is 2.54. The molecule has 2 N–H and O–H groups in total. The minimum absolute atomic E-state index is 0.0783. The number of carbonyl (C=O) groups excluding carboxylic acids is 2. The molecule has 3 aliphatic rings. The molecule has 0 bridgehead atoms. The summed E-state index contributed by atoms with van der Waals surface area (Å²) in [6, 6.07) is 7.35. The summed E-state index contributed by atoms with van der Waals surface area (Å²) < 4.78 is 5.65. The molecule has 1 aromatic heterocycles. The van der Waals surface area contributed by atoms with Crippen LogP contribution in [0.4, 0.5) is 16.3 Å². The monoisotopic (exact) mass is 489 g/mol. The highest BCUT2D eigenvalue weighted by atomic mass is 16.5. The molecule has 3 heterocycles. The molecule has 0 radical (unpaired) electrons. The Balaban J connectivity index is 1.48. The van der Waals surface area contributed by atoms with Gasteiger partial charge in [-0.25, -0.2) is 21.3 Å². The Hall–Kier alpha value is -3.71. The Morgan fingerprint density at radius 2 is 2.00 bits per heavy atom. The van der Waals surface area contributed by atoms with Gasteiger partial charge in [-0.3, -0.25) is 9.64 Å². The van der Waals surface area contributed by atoms with Gasteiger partial charge in [-0.15, -0.1) is 0 Å². The Bertz CT molecular complexity index is 1200. The molecule has 0 spiro atoms. The SMILES string of the molecule is [C-]#[N+]C1(C(=O)N2CCc3c(nc(-c4ccc(NC(=O)NCC)cc4)nc3N3CCOC[C@@H]3C)C2)CC1. The van der Waals surface area contributed by atoms with E-state index in [2.05, 4.69) is 27.3 Å². The van der Waals surface area contributed by atoms with Gasteiger partial charge in [0.25, 0.3) is 0 Å². The van der Waals surface area contributed by atoms with Crippen LogP contribution in [0.5, 0.6) is 0 Å². The third kappa shape index (κ3) is 4.58. The second-order valence-corrected chi connectivity index (χ2v) is 9.60. The van der Waals surface area contributed by atoms with Crippen molar-refractivity contribution in [3.63, 3.8) is 0 Å². The lowest BCUT2D eigenvalue weighted by Crippen LogP contribution is -2.46. The zero-order valence-corrected chi connectivity index (χ0v) is 20.7. The Kier molecular flexibility index (Phi) is 6.49. The minimum Gasteiger partial charge on any atom is -0.377 e. The van der Waals surface area contributed by atoms with Crippen LogP contribution in [-0.2, 0) is 22.5 Å². The molecular weight excluding hydrogens is 458 g/mol. The Labute approximate surface area is 210 Å². The number of urea groups is 1. The van der Waals surface area contributed by atoms with Gasteiger partial charge in [0.2, 0.25) is 0 Å². The van der Waals surface area contributed by atoms with Crippen molar-refractivity contribution in [2.75, 3.05) is 43.1 Å². The molecule has 10 nitrogen and oxygen atoms in total. The smallest absolute Gasteiger partial charge is 0.319 e. The number of morpholine rings is 1. The number of carbonyl (C=O) groups is 2. The van der Waals surface area contributed by atoms with Crippen LogP contribution in [0.15, 0.2) is 24.3 Å². The Morgan fingerprint density at radius 3 is 2.67 bits per heavy atom. The number of aromatic nitrogens is 2. The number of rotatable bonds is 5. The van der Waals surface area contributed by atoms with E-state index in [1.165, 1.54) is 0 Å². The molecule has 1 saturated carbocycles. The number of hydrogen-bond donors (Lipinski definition) is 2. The van der Waals surface area contributed by atoms with Crippen LogP contribution >= 0.6 is 0 Å². The first-order valence-electron chi connectivity index (χ1n) is 12.5. The molecule has 5 rings (SSSR count). The average molecular weight is 490 g/mol. The molecule has 1 atom stereocenters. The maximum atomic E-state index is 13.1. The van der Waals surface area contributed by atoms with E-state index in [9.17, 15) is 9.59 Å². The maximum absolute atomic E-state index is 13.1. The van der Waals surface area contributed by atoms with E-state index in [0.717, 1.165) is 29.2 Å². The largest absolute Gasteiger partial charge is 0.377 e. The third-order valence-corrected chi connectivity index (χ3v) is 7.04. The number of hydrogen-bond acceptors (Lipinski definition) is 6. The summed E-state index contributed by atoms with van der Waals surface area (Å²) in [5.74, 6) is 1.40. The molecule has 1 aliphatic carbocycles. The van der Waals surface area contributed by atoms with Crippen LogP contribution < -0.4 is 15.5 Å². The lowest BCUT2D eigenvalue weighted by atomic mass is 10.0. The summed E-state index contributed by atoms with van der Waals surface area (Å²) in [5, 5.41) is 5.52. The molecule has 188 valence electrons. The van der Waals surface area contributed by atoms with Crippen LogP contribution in [0.2, 0.25) is 0 Å². The van der Waals surface area contributed by atoms with E-state index in [1.54, 1.807) is 4.90 Å². The van der Waals surface area contributed by atoms with E-state index >= 15 is 0 Å². The zero-order chi connectivity index (χ0) is 25.3. The van der Waals surface area contributed by atoms with Crippen LogP contribution in [-0.4, -0.2) is 71.2 Å². The predicted molar refractivity (Wildman–Crippen MR) is 135 cm³/mol. The molecule has 36 heavy (non-hydrogen) atoms. The number of benzene rings is 1. The summed E-state index contributed by atoms with van der Waals surface area (Å²) in [6.45, 7) is 15.0. The van der Waals surface area contributed by atoms with Gasteiger partial charge < -0.3 is 25.2 Å². The van der Waals surface area contributed by atoms with E-state index in [0.29, 0.717) is 63.6 Å². The number of nitrogens with zero attached hydrogens (tertiary/aromatic N) is 5. The van der Waals surface area contributed by atoms with E-state index in [4.69, 9.17) is 21.3 Å². The van der Waals surface area contributed by atoms with Crippen LogP contribution in [0, 0.1) is 6.57 Å². The first-order valence-corrected chi connectivity index (χ1v) is 12.5. The van der Waals surface area contributed by atoms with Gasteiger partial charge in [-0.2, -0.15) is 0 Å². The maximum Gasteiger partial charge on any atom is 0.319 e. The zero-order valence-electron chi connectivity index (χ0n) is 20.7. The third-order valence-electron chi connectivity index (χ3n) is 7.04. The first-order chi connectivity index (χ1) is 17.4. The van der Waals surface area contributed by atoms with Gasteiger partial charge >= 0.3 is 17.5 Å².